The molecule has 2 nitrogen and oxygen atoms in total. The first-order valence-electron chi connectivity index (χ1n) is 4.47. The fourth-order valence-electron chi connectivity index (χ4n) is 1.30. The van der Waals surface area contributed by atoms with E-state index in [1.54, 1.807) is 30.5 Å². The number of hydrogen-bond donors (Lipinski definition) is 0. The Morgan fingerprint density at radius 1 is 1.13 bits per heavy atom. The summed E-state index contributed by atoms with van der Waals surface area (Å²) < 4.78 is 0. The zero-order valence-electron chi connectivity index (χ0n) is 7.85. The first kappa shape index (κ1) is 9.87. The number of nitrogens with zero attached hydrogens (tertiary/aromatic N) is 1. The van der Waals surface area contributed by atoms with Gasteiger partial charge in [-0.2, -0.15) is 0 Å². The number of rotatable bonds is 2. The molecular formula is C12H8ClNO. The number of hydrogen-bond acceptors (Lipinski definition) is 2. The van der Waals surface area contributed by atoms with Gasteiger partial charge in [0, 0.05) is 22.3 Å². The van der Waals surface area contributed by atoms with Gasteiger partial charge in [0.2, 0.25) is 0 Å². The summed E-state index contributed by atoms with van der Waals surface area (Å²) in [6.07, 6.45) is 2.43. The van der Waals surface area contributed by atoms with Crippen LogP contribution in [0.1, 0.15) is 10.4 Å². The molecule has 0 spiro atoms. The molecule has 0 aliphatic rings. The van der Waals surface area contributed by atoms with Gasteiger partial charge in [-0.3, -0.25) is 9.78 Å². The van der Waals surface area contributed by atoms with Crippen LogP contribution < -0.4 is 0 Å². The topological polar surface area (TPSA) is 30.0 Å². The summed E-state index contributed by atoms with van der Waals surface area (Å²) in [4.78, 5) is 14.8. The van der Waals surface area contributed by atoms with Crippen molar-refractivity contribution in [3.8, 4) is 11.3 Å². The SMILES string of the molecule is O=Cc1ccnc(-c2ccc(Cl)cc2)c1. The van der Waals surface area contributed by atoms with E-state index in [0.717, 1.165) is 17.5 Å². The second kappa shape index (κ2) is 4.24. The van der Waals surface area contributed by atoms with Gasteiger partial charge in [0.25, 0.3) is 0 Å². The molecule has 0 aliphatic heterocycles. The van der Waals surface area contributed by atoms with E-state index in [0.29, 0.717) is 10.6 Å². The van der Waals surface area contributed by atoms with Gasteiger partial charge >= 0.3 is 0 Å². The van der Waals surface area contributed by atoms with Crippen molar-refractivity contribution in [1.29, 1.82) is 0 Å². The van der Waals surface area contributed by atoms with Gasteiger partial charge in [0.1, 0.15) is 6.29 Å². The van der Waals surface area contributed by atoms with Crippen molar-refractivity contribution in [2.45, 2.75) is 0 Å². The minimum Gasteiger partial charge on any atom is -0.298 e. The predicted octanol–water partition coefficient (Wildman–Crippen LogP) is 3.21. The fourth-order valence-corrected chi connectivity index (χ4v) is 1.42. The van der Waals surface area contributed by atoms with Gasteiger partial charge in [-0.15, -0.1) is 0 Å². The number of carbonyl (C=O) groups excluding carboxylic acids is 1. The molecule has 0 atom stereocenters. The number of aromatic nitrogens is 1. The van der Waals surface area contributed by atoms with Gasteiger partial charge in [0.05, 0.1) is 5.69 Å². The second-order valence-electron chi connectivity index (χ2n) is 3.10. The molecule has 0 unspecified atom stereocenters. The zero-order valence-corrected chi connectivity index (χ0v) is 8.61. The molecule has 74 valence electrons. The van der Waals surface area contributed by atoms with E-state index in [1.165, 1.54) is 0 Å². The summed E-state index contributed by atoms with van der Waals surface area (Å²) in [6.45, 7) is 0. The molecule has 3 heteroatoms. The van der Waals surface area contributed by atoms with Crippen LogP contribution in [0, 0.1) is 0 Å². The van der Waals surface area contributed by atoms with Crippen LogP contribution in [0.4, 0.5) is 0 Å². The quantitative estimate of drug-likeness (QED) is 0.723. The molecule has 0 radical (unpaired) electrons. The van der Waals surface area contributed by atoms with Crippen LogP contribution in [-0.2, 0) is 0 Å². The summed E-state index contributed by atoms with van der Waals surface area (Å²) in [5.74, 6) is 0. The second-order valence-corrected chi connectivity index (χ2v) is 3.54. The van der Waals surface area contributed by atoms with E-state index in [1.807, 2.05) is 12.1 Å². The molecule has 0 bridgehead atoms. The monoisotopic (exact) mass is 217 g/mol. The summed E-state index contributed by atoms with van der Waals surface area (Å²) in [6, 6.07) is 10.8. The van der Waals surface area contributed by atoms with Crippen molar-refractivity contribution in [3.63, 3.8) is 0 Å². The highest BCUT2D eigenvalue weighted by molar-refractivity contribution is 6.30. The van der Waals surface area contributed by atoms with Gasteiger partial charge in [-0.25, -0.2) is 0 Å². The summed E-state index contributed by atoms with van der Waals surface area (Å²) in [5.41, 5.74) is 2.34. The van der Waals surface area contributed by atoms with Crippen molar-refractivity contribution >= 4 is 17.9 Å². The molecule has 0 amide bonds. The molecule has 15 heavy (non-hydrogen) atoms. The Morgan fingerprint density at radius 3 is 2.53 bits per heavy atom. The minimum absolute atomic E-state index is 0.620. The van der Waals surface area contributed by atoms with Crippen LogP contribution in [0.3, 0.4) is 0 Å². The van der Waals surface area contributed by atoms with E-state index >= 15 is 0 Å². The Bertz CT molecular complexity index is 479. The lowest BCUT2D eigenvalue weighted by atomic mass is 10.1. The molecule has 2 rings (SSSR count). The van der Waals surface area contributed by atoms with Gasteiger partial charge in [0.15, 0.2) is 0 Å². The molecule has 2 aromatic rings. The van der Waals surface area contributed by atoms with Crippen molar-refractivity contribution in [2.75, 3.05) is 0 Å². The molecule has 0 aliphatic carbocycles. The Balaban J connectivity index is 2.44. The van der Waals surface area contributed by atoms with Crippen molar-refractivity contribution in [2.24, 2.45) is 0 Å². The molecule has 0 saturated carbocycles. The average molecular weight is 218 g/mol. The molecule has 0 saturated heterocycles. The van der Waals surface area contributed by atoms with Gasteiger partial charge in [-0.1, -0.05) is 23.7 Å². The number of carbonyl (C=O) groups is 1. The molecule has 1 aromatic carbocycles. The number of benzene rings is 1. The smallest absolute Gasteiger partial charge is 0.150 e. The third-order valence-electron chi connectivity index (χ3n) is 2.06. The van der Waals surface area contributed by atoms with Gasteiger partial charge < -0.3 is 0 Å². The van der Waals surface area contributed by atoms with E-state index in [-0.39, 0.29) is 0 Å². The molecule has 0 N–H and O–H groups in total. The van der Waals surface area contributed by atoms with Crippen molar-refractivity contribution in [3.05, 3.63) is 53.2 Å². The highest BCUT2D eigenvalue weighted by Crippen LogP contribution is 2.19. The average Bonchev–Trinajstić information content (AvgIpc) is 2.30. The standard InChI is InChI=1S/C12H8ClNO/c13-11-3-1-10(2-4-11)12-7-9(8-15)5-6-14-12/h1-8H. The highest BCUT2D eigenvalue weighted by Gasteiger charge is 1.99. The Labute approximate surface area is 92.5 Å². The van der Waals surface area contributed by atoms with Crippen molar-refractivity contribution in [1.82, 2.24) is 4.98 Å². The van der Waals surface area contributed by atoms with Crippen LogP contribution in [0.15, 0.2) is 42.6 Å². The normalized spacial score (nSPS) is 9.93. The first-order chi connectivity index (χ1) is 7.29. The van der Waals surface area contributed by atoms with Crippen LogP contribution in [-0.4, -0.2) is 11.3 Å². The van der Waals surface area contributed by atoms with E-state index in [4.69, 9.17) is 11.6 Å². The Hall–Kier alpha value is -1.67. The van der Waals surface area contributed by atoms with Crippen LogP contribution >= 0.6 is 11.6 Å². The van der Waals surface area contributed by atoms with Crippen LogP contribution in [0.2, 0.25) is 5.02 Å². The summed E-state index contributed by atoms with van der Waals surface area (Å²) in [5, 5.41) is 0.685. The maximum Gasteiger partial charge on any atom is 0.150 e. The van der Waals surface area contributed by atoms with Crippen LogP contribution in [0.25, 0.3) is 11.3 Å². The number of halogens is 1. The maximum atomic E-state index is 10.6. The number of aldehydes is 1. The molecule has 1 aromatic heterocycles. The maximum absolute atomic E-state index is 10.6. The van der Waals surface area contributed by atoms with E-state index < -0.39 is 0 Å². The lowest BCUT2D eigenvalue weighted by Gasteiger charge is -2.00. The van der Waals surface area contributed by atoms with Crippen LogP contribution in [0.5, 0.6) is 0 Å². The highest BCUT2D eigenvalue weighted by atomic mass is 35.5. The summed E-state index contributed by atoms with van der Waals surface area (Å²) >= 11 is 5.78. The molecule has 1 heterocycles. The van der Waals surface area contributed by atoms with E-state index in [2.05, 4.69) is 4.98 Å². The lowest BCUT2D eigenvalue weighted by molar-refractivity contribution is 0.112. The third kappa shape index (κ3) is 2.22. The largest absolute Gasteiger partial charge is 0.298 e. The lowest BCUT2D eigenvalue weighted by Crippen LogP contribution is -1.86. The van der Waals surface area contributed by atoms with Gasteiger partial charge in [-0.05, 0) is 24.3 Å². The molecule has 0 fully saturated rings. The van der Waals surface area contributed by atoms with Crippen molar-refractivity contribution < 1.29 is 4.79 Å². The predicted molar refractivity (Wildman–Crippen MR) is 60.1 cm³/mol. The number of pyridine rings is 1. The zero-order chi connectivity index (χ0) is 10.7. The first-order valence-corrected chi connectivity index (χ1v) is 4.84. The Kier molecular flexibility index (Phi) is 2.79. The summed E-state index contributed by atoms with van der Waals surface area (Å²) in [7, 11) is 0. The molecular weight excluding hydrogens is 210 g/mol. The third-order valence-corrected chi connectivity index (χ3v) is 2.31. The fraction of sp³-hybridized carbons (Fsp3) is 0. The van der Waals surface area contributed by atoms with E-state index in [9.17, 15) is 4.79 Å². The Morgan fingerprint density at radius 2 is 1.87 bits per heavy atom. The minimum atomic E-state index is 0.620.